The van der Waals surface area contributed by atoms with Crippen LogP contribution in [-0.4, -0.2) is 81.2 Å². The molecule has 1 atom stereocenters. The van der Waals surface area contributed by atoms with Crippen LogP contribution in [0.2, 0.25) is 0 Å². The average Bonchev–Trinajstić information content (AvgIpc) is 3.89. The number of aliphatic hydroxyl groups is 1. The van der Waals surface area contributed by atoms with Gasteiger partial charge in [0.1, 0.15) is 0 Å². The minimum absolute atomic E-state index is 0.0481. The molecule has 0 saturated carbocycles. The van der Waals surface area contributed by atoms with Crippen molar-refractivity contribution >= 4 is 72.5 Å². The first-order chi connectivity index (χ1) is 32.3. The molecule has 0 saturated heterocycles. The first-order valence-electron chi connectivity index (χ1n) is 23.7. The summed E-state index contributed by atoms with van der Waals surface area (Å²) in [5.41, 5.74) is 4.17. The summed E-state index contributed by atoms with van der Waals surface area (Å²) in [5.74, 6) is 7.45. The fourth-order valence-corrected chi connectivity index (χ4v) is 8.47. The van der Waals surface area contributed by atoms with Crippen LogP contribution in [-0.2, 0) is 6.42 Å². The second-order valence-corrected chi connectivity index (χ2v) is 21.4. The summed E-state index contributed by atoms with van der Waals surface area (Å²) in [6, 6.07) is 14.3. The summed E-state index contributed by atoms with van der Waals surface area (Å²) in [4.78, 5) is 23.8. The molecule has 0 amide bonds. The number of para-hydroxylation sites is 1. The van der Waals surface area contributed by atoms with Crippen LogP contribution in [0.1, 0.15) is 141 Å². The van der Waals surface area contributed by atoms with Crippen LogP contribution in [0.3, 0.4) is 0 Å². The van der Waals surface area contributed by atoms with E-state index in [0.29, 0.717) is 82.9 Å². The Hall–Kier alpha value is -4.59. The summed E-state index contributed by atoms with van der Waals surface area (Å²) in [6.07, 6.45) is 10.5. The van der Waals surface area contributed by atoms with E-state index in [1.807, 2.05) is 60.8 Å². The van der Waals surface area contributed by atoms with Crippen LogP contribution >= 0.6 is 34.4 Å². The molecular formula is C53H78FN7O4S3. The van der Waals surface area contributed by atoms with Crippen molar-refractivity contribution in [3.63, 3.8) is 0 Å². The van der Waals surface area contributed by atoms with Gasteiger partial charge in [0.15, 0.2) is 39.2 Å². The van der Waals surface area contributed by atoms with Crippen molar-refractivity contribution in [1.82, 2.24) is 25.5 Å². The summed E-state index contributed by atoms with van der Waals surface area (Å²) in [7, 11) is 1.79. The van der Waals surface area contributed by atoms with Crippen LogP contribution in [0.5, 0.6) is 5.75 Å². The average molecular weight is 992 g/mol. The van der Waals surface area contributed by atoms with Crippen LogP contribution < -0.4 is 20.3 Å². The predicted octanol–water partition coefficient (Wildman–Crippen LogP) is 13.9. The fourth-order valence-electron chi connectivity index (χ4n) is 6.04. The van der Waals surface area contributed by atoms with Gasteiger partial charge in [-0.2, -0.15) is 11.8 Å². The highest BCUT2D eigenvalue weighted by molar-refractivity contribution is 7.98. The summed E-state index contributed by atoms with van der Waals surface area (Å²) in [6.45, 7) is 24.7. The second-order valence-electron chi connectivity index (χ2n) is 18.3. The number of hydrogen-bond acceptors (Lipinski definition) is 13. The Morgan fingerprint density at radius 1 is 1.03 bits per heavy atom. The lowest BCUT2D eigenvalue weighted by molar-refractivity contribution is 0.0690. The molecule has 3 aromatic heterocycles. The molecule has 15 heteroatoms. The molecule has 0 spiro atoms. The number of hydrogen-bond donors (Lipinski definition) is 4. The number of allylic oxidation sites excluding steroid dienone is 2. The van der Waals surface area contributed by atoms with Gasteiger partial charge in [0.2, 0.25) is 0 Å². The number of rotatable bonds is 20. The van der Waals surface area contributed by atoms with Crippen molar-refractivity contribution in [3.8, 4) is 17.6 Å². The quantitative estimate of drug-likeness (QED) is 0.0334. The van der Waals surface area contributed by atoms with Gasteiger partial charge in [-0.05, 0) is 144 Å². The molecule has 11 nitrogen and oxygen atoms in total. The number of ether oxygens (including phenoxy) is 1. The molecule has 0 aliphatic carbocycles. The van der Waals surface area contributed by atoms with Gasteiger partial charge in [-0.3, -0.25) is 0 Å². The minimum atomic E-state index is -1.14. The predicted molar refractivity (Wildman–Crippen MR) is 290 cm³/mol. The van der Waals surface area contributed by atoms with Crippen molar-refractivity contribution in [1.29, 1.82) is 0 Å². The van der Waals surface area contributed by atoms with E-state index >= 15 is 0 Å². The molecule has 5 rings (SSSR count). The van der Waals surface area contributed by atoms with Gasteiger partial charge in [0.25, 0.3) is 0 Å². The molecule has 374 valence electrons. The van der Waals surface area contributed by atoms with Gasteiger partial charge in [0, 0.05) is 17.0 Å². The van der Waals surface area contributed by atoms with Gasteiger partial charge < -0.3 is 30.5 Å². The molecule has 0 aliphatic rings. The van der Waals surface area contributed by atoms with Crippen molar-refractivity contribution in [2.24, 2.45) is 11.3 Å². The number of fused-ring (bicyclic) bond motifs is 1. The molecule has 0 aliphatic heterocycles. The van der Waals surface area contributed by atoms with E-state index in [2.05, 4.69) is 117 Å². The number of aryl methyl sites for hydroxylation is 2. The molecule has 3 heterocycles. The van der Waals surface area contributed by atoms with Crippen LogP contribution in [0.25, 0.3) is 10.2 Å². The third-order valence-corrected chi connectivity index (χ3v) is 12.2. The van der Waals surface area contributed by atoms with Crippen LogP contribution in [0, 0.1) is 35.9 Å². The maximum atomic E-state index is 14.6. The maximum Gasteiger partial charge on any atom is 0.355 e. The summed E-state index contributed by atoms with van der Waals surface area (Å²) in [5, 5.41) is 36.5. The zero-order chi connectivity index (χ0) is 50.6. The first kappa shape index (κ1) is 59.5. The molecule has 4 N–H and O–H groups in total. The molecular weight excluding hydrogens is 914 g/mol. The van der Waals surface area contributed by atoms with Gasteiger partial charge in [0.05, 0.1) is 29.5 Å². The zero-order valence-corrected chi connectivity index (χ0v) is 45.3. The Morgan fingerprint density at radius 2 is 1.75 bits per heavy atom. The first-order valence-corrected chi connectivity index (χ1v) is 26.7. The maximum absolute atomic E-state index is 14.6. The van der Waals surface area contributed by atoms with Crippen LogP contribution in [0.15, 0.2) is 60.2 Å². The van der Waals surface area contributed by atoms with Crippen molar-refractivity contribution in [2.45, 2.75) is 134 Å². The topological polar surface area (TPSA) is 146 Å². The second kappa shape index (κ2) is 32.3. The molecule has 0 radical (unpaired) electrons. The number of thioether (sulfide) groups is 1. The number of halogens is 1. The van der Waals surface area contributed by atoms with Gasteiger partial charge >= 0.3 is 5.97 Å². The van der Waals surface area contributed by atoms with E-state index in [0.717, 1.165) is 21.7 Å². The number of nitrogens with one attached hydrogen (secondary N) is 2. The van der Waals surface area contributed by atoms with Crippen molar-refractivity contribution in [2.75, 3.05) is 49.0 Å². The van der Waals surface area contributed by atoms with Gasteiger partial charge in [-0.25, -0.2) is 19.2 Å². The Labute approximate surface area is 419 Å². The number of aromatic nitrogens is 4. The SMILES string of the molecule is CC(C)C.CCC(O)CCCN(c1cc(C)c(Nc2nc3ccccc3s2)nn1)c1nc(C(=O)O)c(CCCOc2ccc(C#CCNC)cc2F)s1.CCC=C(C)C.CSCCCC(C)(C)C. The number of carboxylic acids is 1. The Balaban J connectivity index is 0.000000702. The van der Waals surface area contributed by atoms with E-state index < -0.39 is 17.9 Å². The standard InChI is InChI=1S/C35H38FN7O4S2.C8H18S.C6H12.C4H10/c1-4-24(44)11-8-18-43(30-20-22(2)32(42-41-30)40-34-38-26-12-5-6-13-28(26)48-34)35-39-31(33(45)46)29(49-35)14-9-19-47-27-16-15-23(21-25(27)36)10-7-17-37-3;1-8(2,3)6-5-7-9-4;1-4-5-6(2)3;1-4(2)3/h5-6,12-13,15-16,20-21,24,37,44H,4,8-9,11,14,17-19H2,1-3H3,(H,45,46)(H,38,40,42);5-7H2,1-4H3;5H,4H2,1-3H3;4H,1-3H3. The number of carboxylic acid groups (broad SMARTS) is 1. The highest BCUT2D eigenvalue weighted by atomic mass is 32.2. The van der Waals surface area contributed by atoms with E-state index in [-0.39, 0.29) is 18.1 Å². The molecule has 0 bridgehead atoms. The lowest BCUT2D eigenvalue weighted by Crippen LogP contribution is -2.22. The minimum Gasteiger partial charge on any atom is -0.491 e. The van der Waals surface area contributed by atoms with E-state index in [1.165, 1.54) is 59.3 Å². The van der Waals surface area contributed by atoms with Crippen molar-refractivity contribution < 1.29 is 24.1 Å². The highest BCUT2D eigenvalue weighted by Crippen LogP contribution is 2.34. The summed E-state index contributed by atoms with van der Waals surface area (Å²) < 4.78 is 21.3. The van der Waals surface area contributed by atoms with E-state index in [9.17, 15) is 19.4 Å². The normalized spacial score (nSPS) is 11.2. The number of nitrogens with zero attached hydrogens (tertiary/aromatic N) is 5. The number of anilines is 4. The van der Waals surface area contributed by atoms with E-state index in [1.54, 1.807) is 19.2 Å². The zero-order valence-electron chi connectivity index (χ0n) is 42.9. The van der Waals surface area contributed by atoms with Gasteiger partial charge in [-0.15, -0.1) is 21.5 Å². The fraction of sp³-hybridized carbons (Fsp3) is 0.528. The number of thiazole rings is 2. The lowest BCUT2D eigenvalue weighted by atomic mass is 9.91. The number of aliphatic hydroxyl groups excluding tert-OH is 1. The molecule has 0 fully saturated rings. The Kier molecular flexibility index (Phi) is 28.2. The monoisotopic (exact) mass is 992 g/mol. The third kappa shape index (κ3) is 23.6. The molecule has 5 aromatic rings. The van der Waals surface area contributed by atoms with Crippen molar-refractivity contribution in [3.05, 3.63) is 87.7 Å². The largest absolute Gasteiger partial charge is 0.491 e. The van der Waals surface area contributed by atoms with E-state index in [4.69, 9.17) is 4.74 Å². The number of aromatic carboxylic acids is 1. The molecule has 2 aromatic carbocycles. The Bertz CT molecular complexity index is 2290. The summed E-state index contributed by atoms with van der Waals surface area (Å²) >= 11 is 4.72. The molecule has 1 unspecified atom stereocenters. The Morgan fingerprint density at radius 3 is 2.32 bits per heavy atom. The highest BCUT2D eigenvalue weighted by Gasteiger charge is 2.24. The third-order valence-electron chi connectivity index (χ3n) is 9.40. The van der Waals surface area contributed by atoms with Gasteiger partial charge in [-0.1, -0.05) is 102 Å². The number of benzene rings is 2. The smallest absolute Gasteiger partial charge is 0.355 e. The number of carbonyl (C=O) groups is 1. The molecule has 68 heavy (non-hydrogen) atoms. The van der Waals surface area contributed by atoms with Crippen LogP contribution in [0.4, 0.5) is 26.3 Å². The lowest BCUT2D eigenvalue weighted by Gasteiger charge is -2.22.